The van der Waals surface area contributed by atoms with Crippen LogP contribution in [0.2, 0.25) is 0 Å². The Bertz CT molecular complexity index is 292. The first kappa shape index (κ1) is 13.3. The lowest BCUT2D eigenvalue weighted by atomic mass is 9.88. The molecule has 1 unspecified atom stereocenters. The van der Waals surface area contributed by atoms with Crippen LogP contribution in [-0.2, 0) is 0 Å². The molecule has 0 aliphatic carbocycles. The lowest BCUT2D eigenvalue weighted by Gasteiger charge is -2.17. The molecule has 0 saturated heterocycles. The summed E-state index contributed by atoms with van der Waals surface area (Å²) in [7, 11) is 0. The summed E-state index contributed by atoms with van der Waals surface area (Å²) in [4.78, 5) is 0. The van der Waals surface area contributed by atoms with Gasteiger partial charge in [0.15, 0.2) is 0 Å². The van der Waals surface area contributed by atoms with Crippen LogP contribution in [0.25, 0.3) is 0 Å². The Hall–Kier alpha value is -0.780. The number of hydrogen-bond donors (Lipinski definition) is 0. The molecule has 1 aromatic carbocycles. The summed E-state index contributed by atoms with van der Waals surface area (Å²) in [5, 5.41) is 0. The van der Waals surface area contributed by atoms with Crippen molar-refractivity contribution in [3.63, 3.8) is 0 Å². The Morgan fingerprint density at radius 1 is 0.875 bits per heavy atom. The van der Waals surface area contributed by atoms with E-state index in [0.29, 0.717) is 0 Å². The first-order valence-electron chi connectivity index (χ1n) is 6.75. The van der Waals surface area contributed by atoms with E-state index in [2.05, 4.69) is 45.9 Å². The van der Waals surface area contributed by atoms with Gasteiger partial charge in [0, 0.05) is 0 Å². The van der Waals surface area contributed by atoms with Crippen molar-refractivity contribution in [1.29, 1.82) is 0 Å². The number of aryl methyl sites for hydroxylation is 2. The molecule has 0 aromatic heterocycles. The van der Waals surface area contributed by atoms with Crippen LogP contribution in [0.4, 0.5) is 0 Å². The maximum absolute atomic E-state index is 2.38. The van der Waals surface area contributed by atoms with E-state index in [1.54, 1.807) is 5.56 Å². The van der Waals surface area contributed by atoms with E-state index in [9.17, 15) is 0 Å². The zero-order chi connectivity index (χ0) is 12.0. The smallest absolute Gasteiger partial charge is 0.0162 e. The van der Waals surface area contributed by atoms with Gasteiger partial charge in [-0.15, -0.1) is 0 Å². The van der Waals surface area contributed by atoms with Crippen molar-refractivity contribution in [2.45, 2.75) is 65.7 Å². The highest BCUT2D eigenvalue weighted by Crippen LogP contribution is 2.28. The molecule has 0 nitrogen and oxygen atoms in total. The van der Waals surface area contributed by atoms with Crippen LogP contribution in [0.5, 0.6) is 0 Å². The molecule has 0 heterocycles. The average molecular weight is 218 g/mol. The van der Waals surface area contributed by atoms with Crippen molar-refractivity contribution in [1.82, 2.24) is 0 Å². The Morgan fingerprint density at radius 3 is 2.00 bits per heavy atom. The molecule has 1 atom stereocenters. The fourth-order valence-electron chi connectivity index (χ4n) is 2.52. The van der Waals surface area contributed by atoms with Crippen LogP contribution in [0.3, 0.4) is 0 Å². The normalized spacial score (nSPS) is 12.8. The van der Waals surface area contributed by atoms with Gasteiger partial charge < -0.3 is 0 Å². The van der Waals surface area contributed by atoms with Gasteiger partial charge >= 0.3 is 0 Å². The molecule has 16 heavy (non-hydrogen) atoms. The summed E-state index contributed by atoms with van der Waals surface area (Å²) in [6.45, 7) is 8.99. The van der Waals surface area contributed by atoms with Gasteiger partial charge in [0.05, 0.1) is 0 Å². The molecule has 0 saturated carbocycles. The van der Waals surface area contributed by atoms with Gasteiger partial charge in [-0.25, -0.2) is 0 Å². The number of unbranched alkanes of at least 4 members (excludes halogenated alkanes) is 1. The second kappa shape index (κ2) is 6.73. The van der Waals surface area contributed by atoms with Crippen molar-refractivity contribution in [3.8, 4) is 0 Å². The van der Waals surface area contributed by atoms with Crippen LogP contribution < -0.4 is 0 Å². The molecule has 0 amide bonds. The van der Waals surface area contributed by atoms with Crippen molar-refractivity contribution in [2.75, 3.05) is 0 Å². The third-order valence-corrected chi connectivity index (χ3v) is 3.26. The zero-order valence-corrected chi connectivity index (χ0v) is 11.3. The molecule has 0 heteroatoms. The standard InChI is InChI=1S/C16H26/c1-5-7-9-15(8-6-2)16-11-13(3)10-14(4)12-16/h10-12,15H,5-9H2,1-4H3. The third-order valence-electron chi connectivity index (χ3n) is 3.26. The highest BCUT2D eigenvalue weighted by molar-refractivity contribution is 5.30. The molecule has 0 N–H and O–H groups in total. The van der Waals surface area contributed by atoms with Gasteiger partial charge in [0.25, 0.3) is 0 Å². The fourth-order valence-corrected chi connectivity index (χ4v) is 2.52. The minimum atomic E-state index is 0.781. The van der Waals surface area contributed by atoms with E-state index >= 15 is 0 Å². The van der Waals surface area contributed by atoms with E-state index in [1.807, 2.05) is 0 Å². The van der Waals surface area contributed by atoms with Crippen molar-refractivity contribution >= 4 is 0 Å². The van der Waals surface area contributed by atoms with Gasteiger partial charge in [-0.1, -0.05) is 62.4 Å². The average Bonchev–Trinajstić information content (AvgIpc) is 2.22. The van der Waals surface area contributed by atoms with Gasteiger partial charge in [0.1, 0.15) is 0 Å². The lowest BCUT2D eigenvalue weighted by molar-refractivity contribution is 0.540. The first-order chi connectivity index (χ1) is 7.67. The van der Waals surface area contributed by atoms with Crippen LogP contribution >= 0.6 is 0 Å². The molecule has 0 bridgehead atoms. The van der Waals surface area contributed by atoms with E-state index in [-0.39, 0.29) is 0 Å². The highest BCUT2D eigenvalue weighted by Gasteiger charge is 2.10. The van der Waals surface area contributed by atoms with Crippen molar-refractivity contribution in [3.05, 3.63) is 34.9 Å². The molecule has 1 rings (SSSR count). The van der Waals surface area contributed by atoms with E-state index in [4.69, 9.17) is 0 Å². The van der Waals surface area contributed by atoms with Crippen LogP contribution in [0.15, 0.2) is 18.2 Å². The predicted molar refractivity (Wildman–Crippen MR) is 73.1 cm³/mol. The second-order valence-corrected chi connectivity index (χ2v) is 5.05. The zero-order valence-electron chi connectivity index (χ0n) is 11.3. The van der Waals surface area contributed by atoms with Crippen LogP contribution in [-0.4, -0.2) is 0 Å². The van der Waals surface area contributed by atoms with E-state index in [0.717, 1.165) is 5.92 Å². The van der Waals surface area contributed by atoms with Crippen molar-refractivity contribution in [2.24, 2.45) is 0 Å². The summed E-state index contributed by atoms with van der Waals surface area (Å²) in [5.41, 5.74) is 4.38. The van der Waals surface area contributed by atoms with Crippen molar-refractivity contribution < 1.29 is 0 Å². The maximum atomic E-state index is 2.38. The molecule has 0 radical (unpaired) electrons. The summed E-state index contributed by atoms with van der Waals surface area (Å²) in [6, 6.07) is 7.03. The van der Waals surface area contributed by atoms with E-state index < -0.39 is 0 Å². The van der Waals surface area contributed by atoms with Gasteiger partial charge in [-0.05, 0) is 38.2 Å². The quantitative estimate of drug-likeness (QED) is 0.601. The SMILES string of the molecule is CCCCC(CCC)c1cc(C)cc(C)c1. The Morgan fingerprint density at radius 2 is 1.50 bits per heavy atom. The van der Waals surface area contributed by atoms with E-state index in [1.165, 1.54) is 43.2 Å². The van der Waals surface area contributed by atoms with Crippen LogP contribution in [0, 0.1) is 13.8 Å². The lowest BCUT2D eigenvalue weighted by Crippen LogP contribution is -2.00. The molecule has 0 aliphatic heterocycles. The molecule has 0 aliphatic rings. The number of rotatable bonds is 6. The number of hydrogen-bond acceptors (Lipinski definition) is 0. The predicted octanol–water partition coefficient (Wildman–Crippen LogP) is 5.38. The molecule has 0 spiro atoms. The largest absolute Gasteiger partial charge is 0.0654 e. The molecule has 0 fully saturated rings. The summed E-state index contributed by atoms with van der Waals surface area (Å²) in [6.07, 6.45) is 6.65. The summed E-state index contributed by atoms with van der Waals surface area (Å²) < 4.78 is 0. The topological polar surface area (TPSA) is 0 Å². The highest BCUT2D eigenvalue weighted by atomic mass is 14.2. The minimum Gasteiger partial charge on any atom is -0.0654 e. The number of benzene rings is 1. The Labute approximate surface area is 101 Å². The van der Waals surface area contributed by atoms with Gasteiger partial charge in [-0.3, -0.25) is 0 Å². The third kappa shape index (κ3) is 4.00. The van der Waals surface area contributed by atoms with Crippen LogP contribution in [0.1, 0.15) is 68.6 Å². The maximum Gasteiger partial charge on any atom is -0.0162 e. The molecular weight excluding hydrogens is 192 g/mol. The monoisotopic (exact) mass is 218 g/mol. The summed E-state index contributed by atoms with van der Waals surface area (Å²) in [5.74, 6) is 0.781. The molecular formula is C16H26. The molecule has 90 valence electrons. The van der Waals surface area contributed by atoms with Gasteiger partial charge in [0.2, 0.25) is 0 Å². The van der Waals surface area contributed by atoms with Gasteiger partial charge in [-0.2, -0.15) is 0 Å². The minimum absolute atomic E-state index is 0.781. The Kier molecular flexibility index (Phi) is 5.59. The molecule has 1 aromatic rings. The second-order valence-electron chi connectivity index (χ2n) is 5.05. The summed E-state index contributed by atoms with van der Waals surface area (Å²) >= 11 is 0. The fraction of sp³-hybridized carbons (Fsp3) is 0.625. The Balaban J connectivity index is 2.82. The first-order valence-corrected chi connectivity index (χ1v) is 6.75.